The molecule has 0 bridgehead atoms. The van der Waals surface area contributed by atoms with Gasteiger partial charge in [0.15, 0.2) is 0 Å². The molecule has 0 N–H and O–H groups in total. The molecule has 0 saturated heterocycles. The zero-order chi connectivity index (χ0) is 17.1. The Bertz CT molecular complexity index is 992. The molecule has 4 aromatic rings. The highest BCUT2D eigenvalue weighted by atomic mass is 16.5. The molecule has 0 unspecified atom stereocenters. The van der Waals surface area contributed by atoms with Gasteiger partial charge in [0, 0.05) is 10.8 Å². The van der Waals surface area contributed by atoms with E-state index < -0.39 is 0 Å². The van der Waals surface area contributed by atoms with Gasteiger partial charge in [0.05, 0.1) is 0 Å². The first-order valence-corrected chi connectivity index (χ1v) is 8.29. The molecular weight excluding hydrogens is 308 g/mol. The molecule has 0 saturated carbocycles. The van der Waals surface area contributed by atoms with Crippen LogP contribution in [-0.2, 0) is 0 Å². The van der Waals surface area contributed by atoms with Gasteiger partial charge in [-0.1, -0.05) is 60.7 Å². The van der Waals surface area contributed by atoms with Crippen LogP contribution >= 0.6 is 0 Å². The van der Waals surface area contributed by atoms with Gasteiger partial charge in [0.1, 0.15) is 23.0 Å². The van der Waals surface area contributed by atoms with Gasteiger partial charge < -0.3 is 9.47 Å². The van der Waals surface area contributed by atoms with Crippen molar-refractivity contribution in [3.05, 3.63) is 96.6 Å². The van der Waals surface area contributed by atoms with Crippen LogP contribution in [0.5, 0.6) is 23.0 Å². The van der Waals surface area contributed by atoms with Gasteiger partial charge in [0.2, 0.25) is 0 Å². The van der Waals surface area contributed by atoms with Crippen molar-refractivity contribution in [3.8, 4) is 23.0 Å². The van der Waals surface area contributed by atoms with Crippen molar-refractivity contribution >= 4 is 10.8 Å². The minimum Gasteiger partial charge on any atom is -0.457 e. The Hall–Kier alpha value is -3.26. The van der Waals surface area contributed by atoms with Gasteiger partial charge in [-0.05, 0) is 42.8 Å². The van der Waals surface area contributed by atoms with Crippen molar-refractivity contribution in [1.82, 2.24) is 0 Å². The second-order valence-electron chi connectivity index (χ2n) is 5.90. The van der Waals surface area contributed by atoms with E-state index in [0.717, 1.165) is 39.3 Å². The van der Waals surface area contributed by atoms with Crippen LogP contribution in [0.2, 0.25) is 0 Å². The quantitative estimate of drug-likeness (QED) is 0.414. The molecule has 0 amide bonds. The first kappa shape index (κ1) is 15.3. The standard InChI is InChI=1S/C23H18O2/c1-17-16-22(24-18-10-4-2-5-11-18)20-14-8-9-15-21(20)23(17)25-19-12-6-3-7-13-19/h2-16H,1H3. The van der Waals surface area contributed by atoms with Crippen LogP contribution in [0.1, 0.15) is 5.56 Å². The number of hydrogen-bond donors (Lipinski definition) is 0. The minimum absolute atomic E-state index is 0.823. The Morgan fingerprint density at radius 3 is 1.72 bits per heavy atom. The smallest absolute Gasteiger partial charge is 0.138 e. The average molecular weight is 326 g/mol. The summed E-state index contributed by atoms with van der Waals surface area (Å²) < 4.78 is 12.3. The summed E-state index contributed by atoms with van der Waals surface area (Å²) in [5, 5.41) is 2.07. The highest BCUT2D eigenvalue weighted by Crippen LogP contribution is 2.40. The summed E-state index contributed by atoms with van der Waals surface area (Å²) in [5.74, 6) is 3.35. The van der Waals surface area contributed by atoms with E-state index in [1.807, 2.05) is 85.8 Å². The van der Waals surface area contributed by atoms with E-state index in [0.29, 0.717) is 0 Å². The molecule has 0 atom stereocenters. The Morgan fingerprint density at radius 2 is 1.08 bits per heavy atom. The molecule has 0 radical (unpaired) electrons. The molecule has 0 aliphatic rings. The van der Waals surface area contributed by atoms with Crippen molar-refractivity contribution in [2.24, 2.45) is 0 Å². The van der Waals surface area contributed by atoms with Crippen LogP contribution in [0.25, 0.3) is 10.8 Å². The van der Waals surface area contributed by atoms with E-state index in [-0.39, 0.29) is 0 Å². The maximum atomic E-state index is 6.17. The van der Waals surface area contributed by atoms with Crippen LogP contribution in [0.3, 0.4) is 0 Å². The zero-order valence-corrected chi connectivity index (χ0v) is 14.0. The average Bonchev–Trinajstić information content (AvgIpc) is 2.66. The van der Waals surface area contributed by atoms with Gasteiger partial charge in [-0.25, -0.2) is 0 Å². The highest BCUT2D eigenvalue weighted by molar-refractivity contribution is 5.94. The zero-order valence-electron chi connectivity index (χ0n) is 14.0. The number of para-hydroxylation sites is 2. The predicted molar refractivity (Wildman–Crippen MR) is 102 cm³/mol. The van der Waals surface area contributed by atoms with Crippen LogP contribution in [0.4, 0.5) is 0 Å². The second kappa shape index (κ2) is 6.70. The minimum atomic E-state index is 0.823. The summed E-state index contributed by atoms with van der Waals surface area (Å²) in [5.41, 5.74) is 1.04. The number of benzene rings is 4. The van der Waals surface area contributed by atoms with Crippen LogP contribution in [-0.4, -0.2) is 0 Å². The second-order valence-corrected chi connectivity index (χ2v) is 5.90. The first-order chi connectivity index (χ1) is 12.3. The van der Waals surface area contributed by atoms with Crippen molar-refractivity contribution in [2.75, 3.05) is 0 Å². The maximum absolute atomic E-state index is 6.17. The van der Waals surface area contributed by atoms with Crippen molar-refractivity contribution in [2.45, 2.75) is 6.92 Å². The summed E-state index contributed by atoms with van der Waals surface area (Å²) in [7, 11) is 0. The van der Waals surface area contributed by atoms with Crippen molar-refractivity contribution < 1.29 is 9.47 Å². The molecule has 25 heavy (non-hydrogen) atoms. The number of ether oxygens (including phenoxy) is 2. The first-order valence-electron chi connectivity index (χ1n) is 8.29. The largest absolute Gasteiger partial charge is 0.457 e. The molecule has 0 heterocycles. The third-order valence-electron chi connectivity index (χ3n) is 4.08. The van der Waals surface area contributed by atoms with Gasteiger partial charge in [0.25, 0.3) is 0 Å². The molecule has 2 heteroatoms. The lowest BCUT2D eigenvalue weighted by Crippen LogP contribution is -1.93. The molecule has 4 aromatic carbocycles. The molecule has 4 rings (SSSR count). The van der Waals surface area contributed by atoms with Crippen LogP contribution in [0, 0.1) is 6.92 Å². The summed E-state index contributed by atoms with van der Waals surface area (Å²) in [6, 6.07) is 29.9. The molecule has 0 aromatic heterocycles. The monoisotopic (exact) mass is 326 g/mol. The van der Waals surface area contributed by atoms with Crippen molar-refractivity contribution in [3.63, 3.8) is 0 Å². The number of hydrogen-bond acceptors (Lipinski definition) is 2. The Morgan fingerprint density at radius 1 is 0.560 bits per heavy atom. The fourth-order valence-corrected chi connectivity index (χ4v) is 2.89. The Labute approximate surface area is 147 Å². The normalized spacial score (nSPS) is 10.6. The SMILES string of the molecule is Cc1cc(Oc2ccccc2)c2ccccc2c1Oc1ccccc1. The van der Waals surface area contributed by atoms with Gasteiger partial charge >= 0.3 is 0 Å². The summed E-state index contributed by atoms with van der Waals surface area (Å²) in [4.78, 5) is 0. The van der Waals surface area contributed by atoms with Crippen LogP contribution < -0.4 is 9.47 Å². The molecule has 122 valence electrons. The number of fused-ring (bicyclic) bond motifs is 1. The van der Waals surface area contributed by atoms with E-state index in [4.69, 9.17) is 9.47 Å². The number of aryl methyl sites for hydroxylation is 1. The fraction of sp³-hybridized carbons (Fsp3) is 0.0435. The van der Waals surface area contributed by atoms with Crippen molar-refractivity contribution in [1.29, 1.82) is 0 Å². The topological polar surface area (TPSA) is 18.5 Å². The third-order valence-corrected chi connectivity index (χ3v) is 4.08. The van der Waals surface area contributed by atoms with E-state index in [9.17, 15) is 0 Å². The highest BCUT2D eigenvalue weighted by Gasteiger charge is 2.13. The summed E-state index contributed by atoms with van der Waals surface area (Å²) in [6.45, 7) is 2.04. The molecule has 0 fully saturated rings. The van der Waals surface area contributed by atoms with E-state index in [2.05, 4.69) is 12.1 Å². The van der Waals surface area contributed by atoms with Crippen LogP contribution in [0.15, 0.2) is 91.0 Å². The Balaban J connectivity index is 1.81. The lowest BCUT2D eigenvalue weighted by atomic mass is 10.0. The third kappa shape index (κ3) is 3.20. The summed E-state index contributed by atoms with van der Waals surface area (Å²) in [6.07, 6.45) is 0. The lowest BCUT2D eigenvalue weighted by molar-refractivity contribution is 0.474. The molecule has 2 nitrogen and oxygen atoms in total. The molecule has 0 aliphatic carbocycles. The van der Waals surface area contributed by atoms with E-state index >= 15 is 0 Å². The molecule has 0 spiro atoms. The molecule has 0 aliphatic heterocycles. The van der Waals surface area contributed by atoms with Gasteiger partial charge in [-0.15, -0.1) is 0 Å². The van der Waals surface area contributed by atoms with Gasteiger partial charge in [-0.3, -0.25) is 0 Å². The van der Waals surface area contributed by atoms with Gasteiger partial charge in [-0.2, -0.15) is 0 Å². The maximum Gasteiger partial charge on any atom is 0.138 e. The van der Waals surface area contributed by atoms with E-state index in [1.165, 1.54) is 0 Å². The number of rotatable bonds is 4. The lowest BCUT2D eigenvalue weighted by Gasteiger charge is -2.16. The Kier molecular flexibility index (Phi) is 4.09. The predicted octanol–water partition coefficient (Wildman–Crippen LogP) is 6.73. The summed E-state index contributed by atoms with van der Waals surface area (Å²) >= 11 is 0. The fourth-order valence-electron chi connectivity index (χ4n) is 2.89. The molecular formula is C23H18O2. The van der Waals surface area contributed by atoms with E-state index in [1.54, 1.807) is 0 Å².